The van der Waals surface area contributed by atoms with Crippen LogP contribution in [0.5, 0.6) is 0 Å². The van der Waals surface area contributed by atoms with Crippen molar-refractivity contribution in [3.63, 3.8) is 0 Å². The molecule has 0 radical (unpaired) electrons. The fourth-order valence-electron chi connectivity index (χ4n) is 3.11. The average molecular weight is 451 g/mol. The molecule has 156 valence electrons. The van der Waals surface area contributed by atoms with Crippen molar-refractivity contribution in [3.05, 3.63) is 89.4 Å². The van der Waals surface area contributed by atoms with Crippen molar-refractivity contribution in [1.82, 2.24) is 4.98 Å². The second kappa shape index (κ2) is 8.33. The first-order valence-electron chi connectivity index (χ1n) is 9.32. The number of sulfonamides is 1. The molecule has 31 heavy (non-hydrogen) atoms. The highest BCUT2D eigenvalue weighted by molar-refractivity contribution is 7.92. The van der Waals surface area contributed by atoms with Crippen molar-refractivity contribution in [2.75, 3.05) is 4.72 Å². The fourth-order valence-corrected chi connectivity index (χ4v) is 5.02. The number of thiazole rings is 1. The molecular formula is C23H18N2O4S2. The maximum absolute atomic E-state index is 13.1. The third kappa shape index (κ3) is 4.50. The Morgan fingerprint density at radius 3 is 2.35 bits per heavy atom. The number of carboxylic acid groups (broad SMARTS) is 1. The van der Waals surface area contributed by atoms with Crippen LogP contribution >= 0.6 is 11.3 Å². The van der Waals surface area contributed by atoms with Gasteiger partial charge in [-0.05, 0) is 42.3 Å². The normalized spacial score (nSPS) is 11.3. The number of anilines is 1. The molecule has 0 aliphatic heterocycles. The number of nitrogens with zero attached hydrogens (tertiary/aromatic N) is 1. The summed E-state index contributed by atoms with van der Waals surface area (Å²) in [5.41, 5.74) is 2.96. The van der Waals surface area contributed by atoms with Crippen molar-refractivity contribution < 1.29 is 18.3 Å². The van der Waals surface area contributed by atoms with Gasteiger partial charge in [-0.25, -0.2) is 18.2 Å². The minimum Gasteiger partial charge on any atom is -0.478 e. The van der Waals surface area contributed by atoms with E-state index in [4.69, 9.17) is 0 Å². The van der Waals surface area contributed by atoms with E-state index in [0.717, 1.165) is 11.3 Å². The number of carboxylic acids is 1. The van der Waals surface area contributed by atoms with E-state index in [-0.39, 0.29) is 16.1 Å². The lowest BCUT2D eigenvalue weighted by Crippen LogP contribution is -2.15. The first-order valence-corrected chi connectivity index (χ1v) is 11.7. The van der Waals surface area contributed by atoms with Crippen LogP contribution in [0.4, 0.5) is 5.69 Å². The monoisotopic (exact) mass is 450 g/mol. The largest absolute Gasteiger partial charge is 0.478 e. The zero-order chi connectivity index (χ0) is 22.0. The summed E-state index contributed by atoms with van der Waals surface area (Å²) in [5, 5.41) is 12.2. The van der Waals surface area contributed by atoms with E-state index in [9.17, 15) is 18.3 Å². The molecular weight excluding hydrogens is 432 g/mol. The van der Waals surface area contributed by atoms with Gasteiger partial charge in [0, 0.05) is 16.6 Å². The minimum atomic E-state index is -4.03. The van der Waals surface area contributed by atoms with Crippen LogP contribution in [0.25, 0.3) is 21.7 Å². The number of aryl methyl sites for hydroxylation is 1. The van der Waals surface area contributed by atoms with Crippen LogP contribution in [0.1, 0.15) is 16.1 Å². The van der Waals surface area contributed by atoms with E-state index >= 15 is 0 Å². The number of hydrogen-bond donors (Lipinski definition) is 2. The summed E-state index contributed by atoms with van der Waals surface area (Å²) in [6, 6.07) is 20.3. The highest BCUT2D eigenvalue weighted by Crippen LogP contribution is 2.30. The van der Waals surface area contributed by atoms with Crippen LogP contribution in [-0.4, -0.2) is 24.5 Å². The lowest BCUT2D eigenvalue weighted by molar-refractivity contribution is 0.0698. The Morgan fingerprint density at radius 1 is 0.935 bits per heavy atom. The van der Waals surface area contributed by atoms with Gasteiger partial charge in [-0.1, -0.05) is 48.5 Å². The quantitative estimate of drug-likeness (QED) is 0.416. The molecule has 0 saturated heterocycles. The van der Waals surface area contributed by atoms with Gasteiger partial charge >= 0.3 is 5.97 Å². The number of aromatic carboxylic acids is 1. The molecule has 4 aromatic rings. The van der Waals surface area contributed by atoms with Crippen LogP contribution in [0, 0.1) is 6.92 Å². The second-order valence-electron chi connectivity index (χ2n) is 6.86. The molecule has 3 aromatic carbocycles. The topological polar surface area (TPSA) is 96.4 Å². The number of rotatable bonds is 6. The predicted molar refractivity (Wildman–Crippen MR) is 122 cm³/mol. The Morgan fingerprint density at radius 2 is 1.68 bits per heavy atom. The Kier molecular flexibility index (Phi) is 5.58. The maximum atomic E-state index is 13.1. The highest BCUT2D eigenvalue weighted by atomic mass is 32.2. The fraction of sp³-hybridized carbons (Fsp3) is 0.0435. The average Bonchev–Trinajstić information content (AvgIpc) is 3.20. The SMILES string of the molecule is Cc1csc(-c2cccc(S(=O)(=O)Nc3cc(-c4ccccc4)ccc3C(=O)O)c2)n1. The Labute approximate surface area is 183 Å². The summed E-state index contributed by atoms with van der Waals surface area (Å²) in [6.07, 6.45) is 0. The van der Waals surface area contributed by atoms with Gasteiger partial charge in [-0.3, -0.25) is 4.72 Å². The van der Waals surface area contributed by atoms with Crippen LogP contribution < -0.4 is 4.72 Å². The Balaban J connectivity index is 1.73. The molecule has 0 spiro atoms. The van der Waals surface area contributed by atoms with E-state index in [1.807, 2.05) is 42.6 Å². The minimum absolute atomic E-state index is 0.00403. The molecule has 0 amide bonds. The molecule has 0 fully saturated rings. The molecule has 4 rings (SSSR count). The lowest BCUT2D eigenvalue weighted by Gasteiger charge is -2.13. The van der Waals surface area contributed by atoms with Crippen LogP contribution in [0.2, 0.25) is 0 Å². The van der Waals surface area contributed by atoms with E-state index in [1.165, 1.54) is 35.6 Å². The summed E-state index contributed by atoms with van der Waals surface area (Å²) in [5.74, 6) is -1.22. The summed E-state index contributed by atoms with van der Waals surface area (Å²) in [7, 11) is -4.03. The van der Waals surface area contributed by atoms with Gasteiger partial charge in [0.15, 0.2) is 0 Å². The molecule has 0 aliphatic carbocycles. The number of nitrogens with one attached hydrogen (secondary N) is 1. The van der Waals surface area contributed by atoms with Crippen molar-refractivity contribution in [3.8, 4) is 21.7 Å². The van der Waals surface area contributed by atoms with Gasteiger partial charge in [0.1, 0.15) is 5.01 Å². The molecule has 1 aromatic heterocycles. The highest BCUT2D eigenvalue weighted by Gasteiger charge is 2.20. The number of carbonyl (C=O) groups is 1. The molecule has 0 unspecified atom stereocenters. The Hall–Kier alpha value is -3.49. The van der Waals surface area contributed by atoms with Gasteiger partial charge in [0.25, 0.3) is 10.0 Å². The van der Waals surface area contributed by atoms with Gasteiger partial charge in [-0.15, -0.1) is 11.3 Å². The number of benzene rings is 3. The Bertz CT molecular complexity index is 1360. The first kappa shape index (κ1) is 20.8. The molecule has 0 saturated carbocycles. The molecule has 2 N–H and O–H groups in total. The lowest BCUT2D eigenvalue weighted by atomic mass is 10.0. The molecule has 8 heteroatoms. The maximum Gasteiger partial charge on any atom is 0.337 e. The van der Waals surface area contributed by atoms with Crippen molar-refractivity contribution in [1.29, 1.82) is 0 Å². The van der Waals surface area contributed by atoms with E-state index in [1.54, 1.807) is 18.2 Å². The zero-order valence-corrected chi connectivity index (χ0v) is 18.1. The third-order valence-electron chi connectivity index (χ3n) is 4.61. The van der Waals surface area contributed by atoms with Gasteiger partial charge in [0.05, 0.1) is 16.1 Å². The van der Waals surface area contributed by atoms with Crippen molar-refractivity contribution in [2.45, 2.75) is 11.8 Å². The number of hydrogen-bond acceptors (Lipinski definition) is 5. The molecule has 0 bridgehead atoms. The summed E-state index contributed by atoms with van der Waals surface area (Å²) < 4.78 is 28.6. The summed E-state index contributed by atoms with van der Waals surface area (Å²) in [6.45, 7) is 1.87. The van der Waals surface area contributed by atoms with Crippen LogP contribution in [-0.2, 0) is 10.0 Å². The zero-order valence-electron chi connectivity index (χ0n) is 16.4. The van der Waals surface area contributed by atoms with Crippen molar-refractivity contribution in [2.24, 2.45) is 0 Å². The first-order chi connectivity index (χ1) is 14.8. The van der Waals surface area contributed by atoms with Gasteiger partial charge < -0.3 is 5.11 Å². The number of aromatic nitrogens is 1. The molecule has 1 heterocycles. The smallest absolute Gasteiger partial charge is 0.337 e. The molecule has 6 nitrogen and oxygen atoms in total. The van der Waals surface area contributed by atoms with Gasteiger partial charge in [-0.2, -0.15) is 0 Å². The van der Waals surface area contributed by atoms with Crippen molar-refractivity contribution >= 4 is 33.0 Å². The summed E-state index contributed by atoms with van der Waals surface area (Å²) in [4.78, 5) is 16.1. The standard InChI is InChI=1S/C23H18N2O4S2/c1-15-14-30-22(24-15)18-8-5-9-19(12-18)31(28,29)25-21-13-17(10-11-20(21)23(26)27)16-6-3-2-4-7-16/h2-14,25H,1H3,(H,26,27). The van der Waals surface area contributed by atoms with E-state index in [0.29, 0.717) is 16.1 Å². The molecule has 0 aliphatic rings. The summed E-state index contributed by atoms with van der Waals surface area (Å²) >= 11 is 1.43. The molecule has 0 atom stereocenters. The van der Waals surface area contributed by atoms with Crippen LogP contribution in [0.15, 0.2) is 83.1 Å². The predicted octanol–water partition coefficient (Wildman–Crippen LogP) is 5.28. The van der Waals surface area contributed by atoms with Crippen LogP contribution in [0.3, 0.4) is 0 Å². The van der Waals surface area contributed by atoms with Gasteiger partial charge in [0.2, 0.25) is 0 Å². The van der Waals surface area contributed by atoms with E-state index in [2.05, 4.69) is 9.71 Å². The van der Waals surface area contributed by atoms with E-state index < -0.39 is 16.0 Å². The second-order valence-corrected chi connectivity index (χ2v) is 9.40. The third-order valence-corrected chi connectivity index (χ3v) is 6.98.